The number of rotatable bonds is 8. The van der Waals surface area contributed by atoms with Crippen LogP contribution in [0.3, 0.4) is 0 Å². The summed E-state index contributed by atoms with van der Waals surface area (Å²) in [5, 5.41) is 6.81. The summed E-state index contributed by atoms with van der Waals surface area (Å²) < 4.78 is 45.0. The van der Waals surface area contributed by atoms with Gasteiger partial charge in [-0.15, -0.1) is 0 Å². The Bertz CT molecular complexity index is 1300. The fraction of sp³-hybridized carbons (Fsp3) is 0.273. The maximum Gasteiger partial charge on any atom is 0.262 e. The molecule has 0 fully saturated rings. The molecule has 1 amide bonds. The minimum atomic E-state index is -4.05. The van der Waals surface area contributed by atoms with Crippen LogP contribution in [0, 0.1) is 6.92 Å². The van der Waals surface area contributed by atoms with Crippen molar-refractivity contribution >= 4 is 39.1 Å². The Hall–Kier alpha value is -3.24. The van der Waals surface area contributed by atoms with E-state index in [2.05, 4.69) is 15.2 Å². The summed E-state index contributed by atoms with van der Waals surface area (Å²) in [5.74, 6) is 0.414. The summed E-state index contributed by atoms with van der Waals surface area (Å²) in [7, 11) is -1.19. The molecule has 11 heteroatoms. The van der Waals surface area contributed by atoms with Gasteiger partial charge in [-0.3, -0.25) is 14.8 Å². The highest BCUT2D eigenvalue weighted by molar-refractivity contribution is 7.92. The molecule has 3 aromatic rings. The van der Waals surface area contributed by atoms with Crippen LogP contribution in [0.2, 0.25) is 5.02 Å². The van der Waals surface area contributed by atoms with Crippen LogP contribution >= 0.6 is 11.6 Å². The number of ether oxygens (including phenoxy) is 2. The van der Waals surface area contributed by atoms with Crippen molar-refractivity contribution in [1.82, 2.24) is 5.16 Å². The molecule has 3 rings (SSSR count). The molecule has 0 radical (unpaired) electrons. The number of sulfonamides is 1. The molecule has 0 saturated carbocycles. The molecule has 0 aliphatic heterocycles. The van der Waals surface area contributed by atoms with Crippen molar-refractivity contribution < 1.29 is 27.2 Å². The molecule has 1 heterocycles. The van der Waals surface area contributed by atoms with Crippen LogP contribution < -0.4 is 19.5 Å². The van der Waals surface area contributed by atoms with Crippen molar-refractivity contribution in [2.24, 2.45) is 0 Å². The highest BCUT2D eigenvalue weighted by atomic mass is 35.5. The predicted octanol–water partition coefficient (Wildman–Crippen LogP) is 4.64. The molecule has 0 aliphatic rings. The van der Waals surface area contributed by atoms with Gasteiger partial charge in [0, 0.05) is 13.0 Å². The smallest absolute Gasteiger partial charge is 0.262 e. The standard InChI is InChI=1S/C22H24ClN3O6S/c1-6-16-21(22(32-25-16)24-13(3)27)14-8-7-12(2)20(9-14)33(28,29)26-17-10-15(23)18(30-4)11-19(17)31-5/h7-11,26H,6H2,1-5H3,(H,24,27). The van der Waals surface area contributed by atoms with Crippen molar-refractivity contribution in [3.05, 3.63) is 46.6 Å². The van der Waals surface area contributed by atoms with E-state index in [0.717, 1.165) is 0 Å². The molecule has 2 aromatic carbocycles. The quantitative estimate of drug-likeness (QED) is 0.469. The van der Waals surface area contributed by atoms with E-state index in [4.69, 9.17) is 25.6 Å². The van der Waals surface area contributed by atoms with Gasteiger partial charge >= 0.3 is 0 Å². The number of carbonyl (C=O) groups excluding carboxylic acids is 1. The fourth-order valence-electron chi connectivity index (χ4n) is 3.29. The number of halogens is 1. The zero-order valence-electron chi connectivity index (χ0n) is 18.8. The molecule has 0 unspecified atom stereocenters. The molecular formula is C22H24ClN3O6S. The number of hydrogen-bond acceptors (Lipinski definition) is 7. The van der Waals surface area contributed by atoms with E-state index in [1.807, 2.05) is 6.92 Å². The van der Waals surface area contributed by atoms with Gasteiger partial charge in [-0.25, -0.2) is 8.42 Å². The Morgan fingerprint density at radius 1 is 1.15 bits per heavy atom. The molecule has 0 atom stereocenters. The molecule has 0 bridgehead atoms. The number of hydrogen-bond donors (Lipinski definition) is 2. The van der Waals surface area contributed by atoms with Crippen molar-refractivity contribution in [3.8, 4) is 22.6 Å². The number of benzene rings is 2. The number of amides is 1. The topological polar surface area (TPSA) is 120 Å². The lowest BCUT2D eigenvalue weighted by Crippen LogP contribution is -2.15. The Morgan fingerprint density at radius 3 is 2.45 bits per heavy atom. The first-order chi connectivity index (χ1) is 15.6. The van der Waals surface area contributed by atoms with Gasteiger partial charge in [-0.05, 0) is 36.6 Å². The number of methoxy groups -OCH3 is 2. The third kappa shape index (κ3) is 5.07. The lowest BCUT2D eigenvalue weighted by atomic mass is 10.0. The molecule has 33 heavy (non-hydrogen) atoms. The number of aromatic nitrogens is 1. The van der Waals surface area contributed by atoms with Gasteiger partial charge in [0.2, 0.25) is 11.8 Å². The Morgan fingerprint density at radius 2 is 1.85 bits per heavy atom. The summed E-state index contributed by atoms with van der Waals surface area (Å²) in [6, 6.07) is 7.84. The van der Waals surface area contributed by atoms with E-state index in [9.17, 15) is 13.2 Å². The minimum Gasteiger partial charge on any atom is -0.495 e. The second-order valence-electron chi connectivity index (χ2n) is 7.14. The molecular weight excluding hydrogens is 470 g/mol. The summed E-state index contributed by atoms with van der Waals surface area (Å²) in [6.07, 6.45) is 0.522. The molecule has 0 spiro atoms. The summed E-state index contributed by atoms with van der Waals surface area (Å²) >= 11 is 6.18. The molecule has 176 valence electrons. The highest BCUT2D eigenvalue weighted by Crippen LogP contribution is 2.38. The van der Waals surface area contributed by atoms with Crippen LogP contribution in [0.4, 0.5) is 11.6 Å². The normalized spacial score (nSPS) is 11.2. The fourth-order valence-corrected chi connectivity index (χ4v) is 4.87. The van der Waals surface area contributed by atoms with Crippen molar-refractivity contribution in [2.75, 3.05) is 24.3 Å². The number of nitrogens with zero attached hydrogens (tertiary/aromatic N) is 1. The largest absolute Gasteiger partial charge is 0.495 e. The van der Waals surface area contributed by atoms with Gasteiger partial charge in [-0.2, -0.15) is 0 Å². The van der Waals surface area contributed by atoms with E-state index >= 15 is 0 Å². The summed E-state index contributed by atoms with van der Waals surface area (Å²) in [6.45, 7) is 4.91. The number of aryl methyl sites for hydroxylation is 2. The minimum absolute atomic E-state index is 0.0334. The molecule has 9 nitrogen and oxygen atoms in total. The van der Waals surface area contributed by atoms with E-state index in [1.165, 1.54) is 39.3 Å². The van der Waals surface area contributed by atoms with Crippen LogP contribution in [-0.2, 0) is 21.2 Å². The zero-order valence-corrected chi connectivity index (χ0v) is 20.3. The van der Waals surface area contributed by atoms with Crippen LogP contribution in [0.1, 0.15) is 25.1 Å². The molecule has 2 N–H and O–H groups in total. The van der Waals surface area contributed by atoms with Crippen LogP contribution in [0.5, 0.6) is 11.5 Å². The third-order valence-electron chi connectivity index (χ3n) is 4.87. The van der Waals surface area contributed by atoms with Gasteiger partial charge in [0.25, 0.3) is 10.0 Å². The molecule has 1 aromatic heterocycles. The van der Waals surface area contributed by atoms with Crippen molar-refractivity contribution in [1.29, 1.82) is 0 Å². The maximum atomic E-state index is 13.3. The zero-order chi connectivity index (χ0) is 24.3. The van der Waals surface area contributed by atoms with Crippen molar-refractivity contribution in [3.63, 3.8) is 0 Å². The van der Waals surface area contributed by atoms with E-state index in [-0.39, 0.29) is 33.1 Å². The number of nitrogens with one attached hydrogen (secondary N) is 2. The average molecular weight is 494 g/mol. The van der Waals surface area contributed by atoms with E-state index < -0.39 is 10.0 Å². The highest BCUT2D eigenvalue weighted by Gasteiger charge is 2.24. The van der Waals surface area contributed by atoms with Gasteiger partial charge in [-0.1, -0.05) is 35.8 Å². The van der Waals surface area contributed by atoms with Crippen LogP contribution in [-0.4, -0.2) is 33.7 Å². The van der Waals surface area contributed by atoms with Gasteiger partial charge in [0.15, 0.2) is 0 Å². The van der Waals surface area contributed by atoms with Gasteiger partial charge < -0.3 is 14.0 Å². The number of anilines is 2. The SMILES string of the molecule is CCc1noc(NC(C)=O)c1-c1ccc(C)c(S(=O)(=O)Nc2cc(Cl)c(OC)cc2OC)c1. The first kappa shape index (κ1) is 24.4. The van der Waals surface area contributed by atoms with Gasteiger partial charge in [0.05, 0.1) is 41.1 Å². The van der Waals surface area contributed by atoms with Crippen LogP contribution in [0.25, 0.3) is 11.1 Å². The third-order valence-corrected chi connectivity index (χ3v) is 6.67. The number of carbonyl (C=O) groups is 1. The maximum absolute atomic E-state index is 13.3. The van der Waals surface area contributed by atoms with Crippen molar-refractivity contribution in [2.45, 2.75) is 32.1 Å². The second kappa shape index (κ2) is 9.72. The first-order valence-electron chi connectivity index (χ1n) is 9.92. The second-order valence-corrected chi connectivity index (χ2v) is 9.20. The molecule has 0 saturated heterocycles. The lowest BCUT2D eigenvalue weighted by Gasteiger charge is -2.16. The average Bonchev–Trinajstić information content (AvgIpc) is 3.15. The molecule has 0 aliphatic carbocycles. The van der Waals surface area contributed by atoms with Gasteiger partial charge in [0.1, 0.15) is 11.5 Å². The Balaban J connectivity index is 2.09. The summed E-state index contributed by atoms with van der Waals surface area (Å²) in [4.78, 5) is 11.6. The monoisotopic (exact) mass is 493 g/mol. The lowest BCUT2D eigenvalue weighted by molar-refractivity contribution is -0.114. The van der Waals surface area contributed by atoms with E-state index in [0.29, 0.717) is 34.6 Å². The van der Waals surface area contributed by atoms with E-state index in [1.54, 1.807) is 19.1 Å². The summed E-state index contributed by atoms with van der Waals surface area (Å²) in [5.41, 5.74) is 2.31. The Kier molecular flexibility index (Phi) is 7.19. The Labute approximate surface area is 197 Å². The predicted molar refractivity (Wildman–Crippen MR) is 126 cm³/mol. The van der Waals surface area contributed by atoms with Crippen LogP contribution in [0.15, 0.2) is 39.8 Å². The first-order valence-corrected chi connectivity index (χ1v) is 11.8.